The van der Waals surface area contributed by atoms with Crippen LogP contribution in [-0.4, -0.2) is 15.7 Å². The number of amides is 1. The number of halogens is 2. The zero-order chi connectivity index (χ0) is 20.1. The summed E-state index contributed by atoms with van der Waals surface area (Å²) < 4.78 is 33.8. The molecule has 0 unspecified atom stereocenters. The second kappa shape index (κ2) is 8.65. The van der Waals surface area contributed by atoms with Crippen molar-refractivity contribution in [2.45, 2.75) is 33.5 Å². The number of carbonyl (C=O) groups is 1. The van der Waals surface area contributed by atoms with E-state index in [1.54, 1.807) is 24.3 Å². The van der Waals surface area contributed by atoms with E-state index in [-0.39, 0.29) is 18.3 Å². The molecule has 0 aliphatic heterocycles. The Kier molecular flexibility index (Phi) is 6.03. The average molecular weight is 385 g/mol. The molecular weight excluding hydrogens is 364 g/mol. The minimum Gasteiger partial charge on any atom is -0.486 e. The lowest BCUT2D eigenvalue weighted by molar-refractivity contribution is 0.0950. The van der Waals surface area contributed by atoms with E-state index in [4.69, 9.17) is 4.74 Å². The second-order valence-corrected chi connectivity index (χ2v) is 6.34. The van der Waals surface area contributed by atoms with Gasteiger partial charge in [-0.05, 0) is 43.7 Å². The molecule has 0 saturated carbocycles. The molecule has 0 spiro atoms. The SMILES string of the molecule is CCn1cc(CNC(=O)c2cccc(COc3ccc(F)cc3F)c2)c(C)n1. The highest BCUT2D eigenvalue weighted by Gasteiger charge is 2.10. The Balaban J connectivity index is 1.61. The fourth-order valence-corrected chi connectivity index (χ4v) is 2.73. The number of hydrogen-bond donors (Lipinski definition) is 1. The van der Waals surface area contributed by atoms with Crippen LogP contribution in [0.2, 0.25) is 0 Å². The molecule has 1 aromatic heterocycles. The van der Waals surface area contributed by atoms with Gasteiger partial charge in [0, 0.05) is 36.5 Å². The maximum Gasteiger partial charge on any atom is 0.251 e. The van der Waals surface area contributed by atoms with Gasteiger partial charge in [-0.1, -0.05) is 12.1 Å². The molecule has 1 N–H and O–H groups in total. The zero-order valence-electron chi connectivity index (χ0n) is 15.7. The second-order valence-electron chi connectivity index (χ2n) is 6.34. The monoisotopic (exact) mass is 385 g/mol. The number of aromatic nitrogens is 2. The third-order valence-corrected chi connectivity index (χ3v) is 4.29. The van der Waals surface area contributed by atoms with E-state index in [0.717, 1.165) is 29.9 Å². The van der Waals surface area contributed by atoms with E-state index in [0.29, 0.717) is 17.7 Å². The van der Waals surface area contributed by atoms with Crippen molar-refractivity contribution in [3.63, 3.8) is 0 Å². The minimum atomic E-state index is -0.767. The van der Waals surface area contributed by atoms with Crippen molar-refractivity contribution in [2.24, 2.45) is 0 Å². The Hall–Kier alpha value is -3.22. The fraction of sp³-hybridized carbons (Fsp3) is 0.238. The molecule has 2 aromatic carbocycles. The van der Waals surface area contributed by atoms with Crippen LogP contribution in [0.3, 0.4) is 0 Å². The minimum absolute atomic E-state index is 0.0420. The standard InChI is InChI=1S/C21H21F2N3O2/c1-3-26-12-17(14(2)25-26)11-24-21(27)16-6-4-5-15(9-16)13-28-20-8-7-18(22)10-19(20)23/h4-10,12H,3,11,13H2,1-2H3,(H,24,27). The van der Waals surface area contributed by atoms with E-state index < -0.39 is 11.6 Å². The summed E-state index contributed by atoms with van der Waals surface area (Å²) in [7, 11) is 0. The first-order chi connectivity index (χ1) is 13.5. The van der Waals surface area contributed by atoms with E-state index in [9.17, 15) is 13.6 Å². The van der Waals surface area contributed by atoms with Gasteiger partial charge in [-0.25, -0.2) is 8.78 Å². The molecule has 7 heteroatoms. The zero-order valence-corrected chi connectivity index (χ0v) is 15.7. The maximum atomic E-state index is 13.6. The number of ether oxygens (including phenoxy) is 1. The van der Waals surface area contributed by atoms with Gasteiger partial charge < -0.3 is 10.1 Å². The lowest BCUT2D eigenvalue weighted by Crippen LogP contribution is -2.23. The first kappa shape index (κ1) is 19.5. The number of benzene rings is 2. The Morgan fingerprint density at radius 1 is 1.21 bits per heavy atom. The number of rotatable bonds is 7. The van der Waals surface area contributed by atoms with Gasteiger partial charge in [-0.3, -0.25) is 9.48 Å². The summed E-state index contributed by atoms with van der Waals surface area (Å²) in [6.07, 6.45) is 1.91. The van der Waals surface area contributed by atoms with Gasteiger partial charge in [0.2, 0.25) is 0 Å². The molecule has 3 aromatic rings. The number of nitrogens with zero attached hydrogens (tertiary/aromatic N) is 2. The van der Waals surface area contributed by atoms with Gasteiger partial charge in [-0.2, -0.15) is 5.10 Å². The highest BCUT2D eigenvalue weighted by Crippen LogP contribution is 2.19. The first-order valence-corrected chi connectivity index (χ1v) is 8.94. The van der Waals surface area contributed by atoms with Crippen LogP contribution in [0.4, 0.5) is 8.78 Å². The predicted octanol–water partition coefficient (Wildman–Crippen LogP) is 4.00. The molecular formula is C21H21F2N3O2. The Morgan fingerprint density at radius 3 is 2.75 bits per heavy atom. The van der Waals surface area contributed by atoms with Crippen LogP contribution in [-0.2, 0) is 19.7 Å². The van der Waals surface area contributed by atoms with Gasteiger partial charge in [0.05, 0.1) is 5.69 Å². The summed E-state index contributed by atoms with van der Waals surface area (Å²) in [6, 6.07) is 10.0. The summed E-state index contributed by atoms with van der Waals surface area (Å²) in [5, 5.41) is 7.23. The van der Waals surface area contributed by atoms with Crippen LogP contribution in [0.1, 0.15) is 34.1 Å². The predicted molar refractivity (Wildman–Crippen MR) is 101 cm³/mol. The molecule has 0 bridgehead atoms. The molecule has 5 nitrogen and oxygen atoms in total. The van der Waals surface area contributed by atoms with Gasteiger partial charge in [0.1, 0.15) is 12.4 Å². The molecule has 0 aliphatic rings. The van der Waals surface area contributed by atoms with Gasteiger partial charge >= 0.3 is 0 Å². The molecule has 0 fully saturated rings. The average Bonchev–Trinajstić information content (AvgIpc) is 3.05. The van der Waals surface area contributed by atoms with E-state index in [1.807, 2.05) is 24.7 Å². The Morgan fingerprint density at radius 2 is 2.04 bits per heavy atom. The quantitative estimate of drug-likeness (QED) is 0.669. The van der Waals surface area contributed by atoms with E-state index in [1.165, 1.54) is 6.07 Å². The van der Waals surface area contributed by atoms with Crippen molar-refractivity contribution < 1.29 is 18.3 Å². The first-order valence-electron chi connectivity index (χ1n) is 8.94. The van der Waals surface area contributed by atoms with Crippen LogP contribution in [0.15, 0.2) is 48.7 Å². The molecule has 0 saturated heterocycles. The van der Waals surface area contributed by atoms with Crippen molar-refractivity contribution >= 4 is 5.91 Å². The van der Waals surface area contributed by atoms with Gasteiger partial charge in [-0.15, -0.1) is 0 Å². The molecule has 146 valence electrons. The van der Waals surface area contributed by atoms with Crippen molar-refractivity contribution in [1.29, 1.82) is 0 Å². The van der Waals surface area contributed by atoms with E-state index in [2.05, 4.69) is 10.4 Å². The third kappa shape index (κ3) is 4.73. The van der Waals surface area contributed by atoms with Crippen LogP contribution in [0.5, 0.6) is 5.75 Å². The Bertz CT molecular complexity index is 986. The van der Waals surface area contributed by atoms with Crippen molar-refractivity contribution in [3.8, 4) is 5.75 Å². The van der Waals surface area contributed by atoms with Gasteiger partial charge in [0.15, 0.2) is 11.6 Å². The molecule has 0 radical (unpaired) electrons. The van der Waals surface area contributed by atoms with Crippen LogP contribution in [0, 0.1) is 18.6 Å². The molecule has 3 rings (SSSR count). The van der Waals surface area contributed by atoms with Crippen molar-refractivity contribution in [3.05, 3.63) is 82.7 Å². The number of nitrogens with one attached hydrogen (secondary N) is 1. The number of hydrogen-bond acceptors (Lipinski definition) is 3. The van der Waals surface area contributed by atoms with Crippen LogP contribution < -0.4 is 10.1 Å². The highest BCUT2D eigenvalue weighted by molar-refractivity contribution is 5.94. The molecule has 0 aliphatic carbocycles. The lowest BCUT2D eigenvalue weighted by Gasteiger charge is -2.09. The topological polar surface area (TPSA) is 56.2 Å². The summed E-state index contributed by atoms with van der Waals surface area (Å²) >= 11 is 0. The molecule has 28 heavy (non-hydrogen) atoms. The maximum absolute atomic E-state index is 13.6. The molecule has 1 amide bonds. The smallest absolute Gasteiger partial charge is 0.251 e. The van der Waals surface area contributed by atoms with Crippen molar-refractivity contribution in [2.75, 3.05) is 0 Å². The molecule has 1 heterocycles. The third-order valence-electron chi connectivity index (χ3n) is 4.29. The largest absolute Gasteiger partial charge is 0.486 e. The van der Waals surface area contributed by atoms with Crippen LogP contribution in [0.25, 0.3) is 0 Å². The number of aryl methyl sites for hydroxylation is 2. The summed E-state index contributed by atoms with van der Waals surface area (Å²) in [5.41, 5.74) is 3.01. The summed E-state index contributed by atoms with van der Waals surface area (Å²) in [5.74, 6) is -1.70. The molecule has 0 atom stereocenters. The highest BCUT2D eigenvalue weighted by atomic mass is 19.1. The summed E-state index contributed by atoms with van der Waals surface area (Å²) in [6.45, 7) is 5.12. The lowest BCUT2D eigenvalue weighted by atomic mass is 10.1. The Labute approximate surface area is 161 Å². The van der Waals surface area contributed by atoms with Crippen LogP contribution >= 0.6 is 0 Å². The normalized spacial score (nSPS) is 10.7. The number of carbonyl (C=O) groups excluding carboxylic acids is 1. The van der Waals surface area contributed by atoms with E-state index >= 15 is 0 Å². The van der Waals surface area contributed by atoms with Gasteiger partial charge in [0.25, 0.3) is 5.91 Å². The summed E-state index contributed by atoms with van der Waals surface area (Å²) in [4.78, 5) is 12.4. The van der Waals surface area contributed by atoms with Crippen molar-refractivity contribution in [1.82, 2.24) is 15.1 Å². The fourth-order valence-electron chi connectivity index (χ4n) is 2.73.